The number of amides is 1. The van der Waals surface area contributed by atoms with E-state index in [1.807, 2.05) is 20.8 Å². The summed E-state index contributed by atoms with van der Waals surface area (Å²) in [6.45, 7) is 8.11. The molecule has 2 heterocycles. The van der Waals surface area contributed by atoms with Crippen molar-refractivity contribution in [2.75, 3.05) is 26.3 Å². The molecule has 0 atom stereocenters. The van der Waals surface area contributed by atoms with E-state index in [1.54, 1.807) is 4.90 Å². The van der Waals surface area contributed by atoms with Gasteiger partial charge in [0, 0.05) is 43.5 Å². The highest BCUT2D eigenvalue weighted by Crippen LogP contribution is 2.23. The van der Waals surface area contributed by atoms with Gasteiger partial charge in [0.15, 0.2) is 0 Å². The molecule has 2 aliphatic rings. The molecule has 0 aromatic rings. The van der Waals surface area contributed by atoms with Gasteiger partial charge in [0.05, 0.1) is 6.54 Å². The number of hydrogen-bond donors (Lipinski definition) is 2. The molecule has 2 aliphatic heterocycles. The molecule has 2 N–H and O–H groups in total. The van der Waals surface area contributed by atoms with Crippen molar-refractivity contribution in [1.29, 1.82) is 5.41 Å². The Morgan fingerprint density at radius 3 is 2.61 bits per heavy atom. The molecule has 0 saturated carbocycles. The second-order valence-corrected chi connectivity index (χ2v) is 7.75. The maximum Gasteiger partial charge on any atom is 0.410 e. The Bertz CT molecular complexity index is 493. The summed E-state index contributed by atoms with van der Waals surface area (Å²) < 4.78 is 11.1. The van der Waals surface area contributed by atoms with Crippen LogP contribution in [0.1, 0.15) is 40.0 Å². The third kappa shape index (κ3) is 5.49. The molecule has 0 unspecified atom stereocenters. The normalized spacial score (nSPS) is 20.4. The Kier molecular flexibility index (Phi) is 6.08. The number of rotatable bonds is 3. The van der Waals surface area contributed by atoms with Crippen LogP contribution >= 0.6 is 15.9 Å². The van der Waals surface area contributed by atoms with Crippen LogP contribution in [0, 0.1) is 5.41 Å². The van der Waals surface area contributed by atoms with Crippen molar-refractivity contribution in [3.05, 3.63) is 11.3 Å². The van der Waals surface area contributed by atoms with Crippen LogP contribution in [0.3, 0.4) is 0 Å². The van der Waals surface area contributed by atoms with E-state index in [2.05, 4.69) is 21.2 Å². The van der Waals surface area contributed by atoms with Gasteiger partial charge in [0.2, 0.25) is 0 Å². The van der Waals surface area contributed by atoms with Crippen LogP contribution in [-0.4, -0.2) is 53.6 Å². The van der Waals surface area contributed by atoms with E-state index in [9.17, 15) is 4.79 Å². The van der Waals surface area contributed by atoms with Gasteiger partial charge in [-0.05, 0) is 49.5 Å². The van der Waals surface area contributed by atoms with Gasteiger partial charge < -0.3 is 19.7 Å². The van der Waals surface area contributed by atoms with Gasteiger partial charge >= 0.3 is 6.09 Å². The first-order valence-corrected chi connectivity index (χ1v) is 8.84. The van der Waals surface area contributed by atoms with Crippen molar-refractivity contribution in [2.45, 2.75) is 51.7 Å². The van der Waals surface area contributed by atoms with Crippen molar-refractivity contribution >= 4 is 26.6 Å². The topological polar surface area (TPSA) is 74.7 Å². The van der Waals surface area contributed by atoms with Crippen LogP contribution in [0.5, 0.6) is 0 Å². The summed E-state index contributed by atoms with van der Waals surface area (Å²) in [5.74, 6) is 0. The third-order valence-electron chi connectivity index (χ3n) is 3.86. The van der Waals surface area contributed by atoms with Gasteiger partial charge in [-0.3, -0.25) is 5.41 Å². The van der Waals surface area contributed by atoms with Gasteiger partial charge in [-0.25, -0.2) is 4.79 Å². The Balaban J connectivity index is 2.04. The SMILES string of the molecule is CC(C)(C)OC(=O)N1CCC(NC2CCOCC2)=C(C(=N)Br)C1. The first-order chi connectivity index (χ1) is 10.8. The van der Waals surface area contributed by atoms with Crippen molar-refractivity contribution in [3.63, 3.8) is 0 Å². The highest BCUT2D eigenvalue weighted by atomic mass is 79.9. The lowest BCUT2D eigenvalue weighted by atomic mass is 10.0. The van der Waals surface area contributed by atoms with Gasteiger partial charge in [0.1, 0.15) is 10.2 Å². The van der Waals surface area contributed by atoms with E-state index >= 15 is 0 Å². The maximum atomic E-state index is 12.2. The molecule has 0 aliphatic carbocycles. The van der Waals surface area contributed by atoms with E-state index in [1.165, 1.54) is 0 Å². The zero-order valence-electron chi connectivity index (χ0n) is 14.1. The van der Waals surface area contributed by atoms with E-state index in [0.29, 0.717) is 30.2 Å². The van der Waals surface area contributed by atoms with Gasteiger partial charge in [-0.15, -0.1) is 0 Å². The highest BCUT2D eigenvalue weighted by molar-refractivity contribution is 9.18. The Morgan fingerprint density at radius 1 is 1.39 bits per heavy atom. The molecule has 6 nitrogen and oxygen atoms in total. The first-order valence-electron chi connectivity index (χ1n) is 8.05. The zero-order valence-corrected chi connectivity index (χ0v) is 15.7. The molecule has 2 rings (SSSR count). The summed E-state index contributed by atoms with van der Waals surface area (Å²) >= 11 is 3.26. The number of nitrogens with one attached hydrogen (secondary N) is 2. The molecule has 1 amide bonds. The van der Waals surface area contributed by atoms with Gasteiger partial charge in [0.25, 0.3) is 0 Å². The van der Waals surface area contributed by atoms with E-state index in [4.69, 9.17) is 14.9 Å². The molecule has 1 fully saturated rings. The van der Waals surface area contributed by atoms with Crippen LogP contribution in [0.15, 0.2) is 11.3 Å². The number of hydrogen-bond acceptors (Lipinski definition) is 5. The quantitative estimate of drug-likeness (QED) is 0.729. The molecule has 23 heavy (non-hydrogen) atoms. The minimum atomic E-state index is -0.510. The van der Waals surface area contributed by atoms with Crippen LogP contribution in [0.4, 0.5) is 4.79 Å². The van der Waals surface area contributed by atoms with Crippen molar-refractivity contribution in [1.82, 2.24) is 10.2 Å². The summed E-state index contributed by atoms with van der Waals surface area (Å²) in [5.41, 5.74) is 1.37. The smallest absolute Gasteiger partial charge is 0.410 e. The fraction of sp³-hybridized carbons (Fsp3) is 0.750. The average molecular weight is 388 g/mol. The Labute approximate surface area is 146 Å². The fourth-order valence-corrected chi connectivity index (χ4v) is 3.06. The van der Waals surface area contributed by atoms with E-state index < -0.39 is 5.60 Å². The number of nitrogens with zero attached hydrogens (tertiary/aromatic N) is 1. The Hall–Kier alpha value is -1.08. The van der Waals surface area contributed by atoms with Crippen LogP contribution < -0.4 is 5.32 Å². The lowest BCUT2D eigenvalue weighted by molar-refractivity contribution is 0.0260. The van der Waals surface area contributed by atoms with Crippen LogP contribution in [0.2, 0.25) is 0 Å². The molecule has 130 valence electrons. The first kappa shape index (κ1) is 18.3. The standard InChI is InChI=1S/C16H26BrN3O3/c1-16(2,3)23-15(21)20-7-4-13(12(10-20)14(17)18)19-11-5-8-22-9-6-11/h11,18-19H,4-10H2,1-3H3. The molecule has 0 aromatic carbocycles. The minimum Gasteiger partial charge on any atom is -0.444 e. The van der Waals surface area contributed by atoms with Gasteiger partial charge in [-0.2, -0.15) is 0 Å². The molecular weight excluding hydrogens is 362 g/mol. The third-order valence-corrected chi connectivity index (χ3v) is 4.34. The summed E-state index contributed by atoms with van der Waals surface area (Å²) in [7, 11) is 0. The van der Waals surface area contributed by atoms with Crippen molar-refractivity contribution in [2.24, 2.45) is 0 Å². The second kappa shape index (κ2) is 7.66. The highest BCUT2D eigenvalue weighted by Gasteiger charge is 2.29. The van der Waals surface area contributed by atoms with Crippen LogP contribution in [0.25, 0.3) is 0 Å². The second-order valence-electron chi connectivity index (χ2n) is 6.95. The summed E-state index contributed by atoms with van der Waals surface area (Å²) in [5, 5.41) is 11.5. The number of carbonyl (C=O) groups is 1. The zero-order chi connectivity index (χ0) is 17.0. The average Bonchev–Trinajstić information content (AvgIpc) is 2.46. The largest absolute Gasteiger partial charge is 0.444 e. The predicted octanol–water partition coefficient (Wildman–Crippen LogP) is 3.02. The van der Waals surface area contributed by atoms with Crippen molar-refractivity contribution < 1.29 is 14.3 Å². The van der Waals surface area contributed by atoms with Crippen LogP contribution in [-0.2, 0) is 9.47 Å². The lowest BCUT2D eigenvalue weighted by Crippen LogP contribution is -2.44. The number of carbonyl (C=O) groups excluding carboxylic acids is 1. The monoisotopic (exact) mass is 387 g/mol. The summed E-state index contributed by atoms with van der Waals surface area (Å²) in [4.78, 5) is 13.9. The Morgan fingerprint density at radius 2 is 2.04 bits per heavy atom. The molecule has 1 saturated heterocycles. The maximum absolute atomic E-state index is 12.2. The predicted molar refractivity (Wildman–Crippen MR) is 93.1 cm³/mol. The number of halogens is 1. The van der Waals surface area contributed by atoms with Gasteiger partial charge in [-0.1, -0.05) is 0 Å². The fourth-order valence-electron chi connectivity index (χ4n) is 2.69. The molecule has 0 bridgehead atoms. The molecular formula is C16H26BrN3O3. The molecule has 7 heteroatoms. The van der Waals surface area contributed by atoms with E-state index in [-0.39, 0.29) is 6.09 Å². The van der Waals surface area contributed by atoms with Crippen molar-refractivity contribution in [3.8, 4) is 0 Å². The number of ether oxygens (including phenoxy) is 2. The molecule has 0 aromatic heterocycles. The summed E-state index contributed by atoms with van der Waals surface area (Å²) in [6.07, 6.45) is 2.33. The van der Waals surface area contributed by atoms with E-state index in [0.717, 1.165) is 37.3 Å². The molecule has 0 radical (unpaired) electrons. The molecule has 0 spiro atoms. The summed E-state index contributed by atoms with van der Waals surface area (Å²) in [6, 6.07) is 0.383. The minimum absolute atomic E-state index is 0.320. The lowest BCUT2D eigenvalue weighted by Gasteiger charge is -2.34.